The molecular weight excluding hydrogens is 144 g/mol. The van der Waals surface area contributed by atoms with Crippen LogP contribution in [0.3, 0.4) is 0 Å². The number of hydrogen-bond acceptors (Lipinski definition) is 0. The fourth-order valence-corrected chi connectivity index (χ4v) is 0.144. The molecule has 74 valence electrons. The Kier molecular flexibility index (Phi) is 32.8. The average Bonchev–Trinajstić information content (AvgIpc) is 2.20. The Morgan fingerprint density at radius 3 is 1.42 bits per heavy atom. The highest BCUT2D eigenvalue weighted by molar-refractivity contribution is 5.09. The van der Waals surface area contributed by atoms with E-state index in [4.69, 9.17) is 0 Å². The van der Waals surface area contributed by atoms with Crippen LogP contribution in [0.5, 0.6) is 0 Å². The first-order valence-electron chi connectivity index (χ1n) is 5.03. The van der Waals surface area contributed by atoms with Gasteiger partial charge in [0.2, 0.25) is 0 Å². The van der Waals surface area contributed by atoms with E-state index in [1.807, 2.05) is 13.8 Å². The van der Waals surface area contributed by atoms with Gasteiger partial charge < -0.3 is 0 Å². The van der Waals surface area contributed by atoms with Crippen LogP contribution in [-0.2, 0) is 0 Å². The Hall–Kier alpha value is -0.520. The fourth-order valence-electron chi connectivity index (χ4n) is 0.144. The third-order valence-electron chi connectivity index (χ3n) is 1.24. The molecule has 0 spiro atoms. The van der Waals surface area contributed by atoms with Crippen molar-refractivity contribution in [2.75, 3.05) is 0 Å². The standard InChI is InChI=1S/C6H10.C4H10.C2H6/c1-4-6(3)5-2;1-3-4-2;1-2/h4H,1,3,5H2,2H3;3-4H2,1-2H3;1-2H3. The molecule has 0 aliphatic rings. The molecule has 0 unspecified atom stereocenters. The van der Waals surface area contributed by atoms with Crippen LogP contribution in [0.15, 0.2) is 24.8 Å². The zero-order chi connectivity index (χ0) is 10.4. The minimum Gasteiger partial charge on any atom is -0.0988 e. The van der Waals surface area contributed by atoms with E-state index in [2.05, 4.69) is 33.9 Å². The summed E-state index contributed by atoms with van der Waals surface area (Å²) in [6.45, 7) is 17.6. The van der Waals surface area contributed by atoms with Gasteiger partial charge in [-0.15, -0.1) is 0 Å². The Balaban J connectivity index is -0.000000118. The lowest BCUT2D eigenvalue weighted by atomic mass is 10.2. The number of allylic oxidation sites excluding steroid dienone is 2. The Morgan fingerprint density at radius 2 is 1.42 bits per heavy atom. The summed E-state index contributed by atoms with van der Waals surface area (Å²) in [4.78, 5) is 0. The lowest BCUT2D eigenvalue weighted by Crippen LogP contribution is -1.62. The van der Waals surface area contributed by atoms with Gasteiger partial charge in [0, 0.05) is 0 Å². The van der Waals surface area contributed by atoms with Gasteiger partial charge in [-0.1, -0.05) is 72.3 Å². The molecule has 0 heteroatoms. The van der Waals surface area contributed by atoms with E-state index in [1.165, 1.54) is 12.8 Å². The molecule has 0 nitrogen and oxygen atoms in total. The summed E-state index contributed by atoms with van der Waals surface area (Å²) in [5, 5.41) is 0. The minimum atomic E-state index is 1.02. The van der Waals surface area contributed by atoms with Gasteiger partial charge in [0.05, 0.1) is 0 Å². The molecule has 0 saturated heterocycles. The van der Waals surface area contributed by atoms with E-state index < -0.39 is 0 Å². The topological polar surface area (TPSA) is 0 Å². The second kappa shape index (κ2) is 22.4. The SMILES string of the molecule is C=CC(=C)CC.CC.CCCC. The second-order valence-electron chi connectivity index (χ2n) is 2.22. The molecule has 0 aliphatic heterocycles. The molecule has 0 atom stereocenters. The lowest BCUT2D eigenvalue weighted by molar-refractivity contribution is 0.886. The molecular formula is C12H26. The van der Waals surface area contributed by atoms with Crippen molar-refractivity contribution in [3.63, 3.8) is 0 Å². The van der Waals surface area contributed by atoms with Gasteiger partial charge in [0.25, 0.3) is 0 Å². The minimum absolute atomic E-state index is 1.02. The molecule has 0 aliphatic carbocycles. The van der Waals surface area contributed by atoms with Crippen molar-refractivity contribution in [2.24, 2.45) is 0 Å². The summed E-state index contributed by atoms with van der Waals surface area (Å²) in [5.74, 6) is 0. The third kappa shape index (κ3) is 34.0. The van der Waals surface area contributed by atoms with E-state index >= 15 is 0 Å². The first-order chi connectivity index (χ1) is 5.72. The van der Waals surface area contributed by atoms with Crippen molar-refractivity contribution in [3.05, 3.63) is 24.8 Å². The quantitative estimate of drug-likeness (QED) is 0.524. The molecule has 0 aromatic carbocycles. The monoisotopic (exact) mass is 170 g/mol. The van der Waals surface area contributed by atoms with Crippen LogP contribution in [0, 0.1) is 0 Å². The van der Waals surface area contributed by atoms with Gasteiger partial charge in [-0.3, -0.25) is 0 Å². The summed E-state index contributed by atoms with van der Waals surface area (Å²) in [6.07, 6.45) is 5.43. The van der Waals surface area contributed by atoms with Gasteiger partial charge in [-0.25, -0.2) is 0 Å². The van der Waals surface area contributed by atoms with Gasteiger partial charge in [0.1, 0.15) is 0 Å². The van der Waals surface area contributed by atoms with Gasteiger partial charge in [-0.2, -0.15) is 0 Å². The molecule has 0 radical (unpaired) electrons. The van der Waals surface area contributed by atoms with Crippen LogP contribution < -0.4 is 0 Å². The van der Waals surface area contributed by atoms with Crippen LogP contribution in [0.2, 0.25) is 0 Å². The van der Waals surface area contributed by atoms with E-state index in [0.29, 0.717) is 0 Å². The van der Waals surface area contributed by atoms with Gasteiger partial charge in [-0.05, 0) is 6.42 Å². The molecule has 12 heavy (non-hydrogen) atoms. The van der Waals surface area contributed by atoms with Crippen molar-refractivity contribution in [1.82, 2.24) is 0 Å². The lowest BCUT2D eigenvalue weighted by Gasteiger charge is -1.83. The molecule has 0 bridgehead atoms. The number of unbranched alkanes of at least 4 members (excludes halogenated alkanes) is 1. The summed E-state index contributed by atoms with van der Waals surface area (Å²) in [7, 11) is 0. The van der Waals surface area contributed by atoms with Crippen molar-refractivity contribution in [2.45, 2.75) is 53.9 Å². The normalized spacial score (nSPS) is 6.75. The van der Waals surface area contributed by atoms with Crippen LogP contribution in [0.4, 0.5) is 0 Å². The average molecular weight is 170 g/mol. The molecule has 0 aromatic heterocycles. The fraction of sp³-hybridized carbons (Fsp3) is 0.667. The van der Waals surface area contributed by atoms with Crippen molar-refractivity contribution in [3.8, 4) is 0 Å². The maximum absolute atomic E-state index is 3.67. The maximum atomic E-state index is 3.67. The Bertz CT molecular complexity index is 78.0. The summed E-state index contributed by atoms with van der Waals surface area (Å²) in [6, 6.07) is 0. The second-order valence-corrected chi connectivity index (χ2v) is 2.22. The number of rotatable bonds is 3. The zero-order valence-corrected chi connectivity index (χ0v) is 9.61. The molecule has 0 rings (SSSR count). The summed E-state index contributed by atoms with van der Waals surface area (Å²) < 4.78 is 0. The molecule has 0 saturated carbocycles. The highest BCUT2D eigenvalue weighted by Crippen LogP contribution is 1.93. The predicted molar refractivity (Wildman–Crippen MR) is 61.6 cm³/mol. The molecule has 0 aromatic rings. The highest BCUT2D eigenvalue weighted by atomic mass is 13.8. The molecule has 0 heterocycles. The molecule has 0 amide bonds. The van der Waals surface area contributed by atoms with E-state index in [0.717, 1.165) is 12.0 Å². The van der Waals surface area contributed by atoms with Gasteiger partial charge in [0.15, 0.2) is 0 Å². The van der Waals surface area contributed by atoms with Crippen LogP contribution in [0.25, 0.3) is 0 Å². The predicted octanol–water partition coefficient (Wildman–Crippen LogP) is 4.97. The Labute approximate surface area is 79.4 Å². The number of hydrogen-bond donors (Lipinski definition) is 0. The molecule has 0 fully saturated rings. The van der Waals surface area contributed by atoms with E-state index in [1.54, 1.807) is 6.08 Å². The first kappa shape index (κ1) is 17.5. The van der Waals surface area contributed by atoms with Crippen molar-refractivity contribution in [1.29, 1.82) is 0 Å². The van der Waals surface area contributed by atoms with Crippen molar-refractivity contribution < 1.29 is 0 Å². The van der Waals surface area contributed by atoms with E-state index in [9.17, 15) is 0 Å². The Morgan fingerprint density at radius 1 is 1.08 bits per heavy atom. The van der Waals surface area contributed by atoms with E-state index in [-0.39, 0.29) is 0 Å². The maximum Gasteiger partial charge on any atom is -0.0314 e. The van der Waals surface area contributed by atoms with Crippen LogP contribution in [0.1, 0.15) is 53.9 Å². The van der Waals surface area contributed by atoms with Crippen LogP contribution in [-0.4, -0.2) is 0 Å². The molecule has 0 N–H and O–H groups in total. The zero-order valence-electron chi connectivity index (χ0n) is 9.61. The first-order valence-corrected chi connectivity index (χ1v) is 5.03. The van der Waals surface area contributed by atoms with Crippen LogP contribution >= 0.6 is 0 Å². The largest absolute Gasteiger partial charge is 0.0988 e. The highest BCUT2D eigenvalue weighted by Gasteiger charge is 1.72. The third-order valence-corrected chi connectivity index (χ3v) is 1.24. The van der Waals surface area contributed by atoms with Gasteiger partial charge >= 0.3 is 0 Å². The summed E-state index contributed by atoms with van der Waals surface area (Å²) >= 11 is 0. The smallest absolute Gasteiger partial charge is 0.0314 e. The summed E-state index contributed by atoms with van der Waals surface area (Å²) in [5.41, 5.74) is 1.11. The van der Waals surface area contributed by atoms with Crippen molar-refractivity contribution >= 4 is 0 Å².